The predicted octanol–water partition coefficient (Wildman–Crippen LogP) is 4.97. The predicted molar refractivity (Wildman–Crippen MR) is 141 cm³/mol. The Hall–Kier alpha value is -4.28. The lowest BCUT2D eigenvalue weighted by Crippen LogP contribution is -2.38. The molecule has 0 aliphatic heterocycles. The molecule has 0 unspecified atom stereocenters. The number of hydrogen-bond acceptors (Lipinski definition) is 6. The molecular weight excluding hydrogens is 450 g/mol. The van der Waals surface area contributed by atoms with Crippen LogP contribution in [-0.2, 0) is 0 Å². The van der Waals surface area contributed by atoms with Crippen molar-refractivity contribution in [2.45, 2.75) is 33.2 Å². The van der Waals surface area contributed by atoms with Gasteiger partial charge in [0.05, 0.1) is 28.4 Å². The fraction of sp³-hybridized carbons (Fsp3) is 0.241. The maximum atomic E-state index is 13.9. The quantitative estimate of drug-likeness (QED) is 0.403. The Morgan fingerprint density at radius 1 is 1.11 bits per heavy atom. The van der Waals surface area contributed by atoms with E-state index in [1.807, 2.05) is 32.9 Å². The highest BCUT2D eigenvalue weighted by molar-refractivity contribution is 6.10. The normalized spacial score (nSPS) is 11.8. The zero-order valence-electron chi connectivity index (χ0n) is 20.9. The minimum absolute atomic E-state index is 0.0300. The van der Waals surface area contributed by atoms with Crippen molar-refractivity contribution >= 4 is 16.9 Å². The first-order valence-corrected chi connectivity index (χ1v) is 11.8. The molecule has 0 aliphatic carbocycles. The molecule has 0 saturated heterocycles. The molecule has 4 rings (SSSR count). The van der Waals surface area contributed by atoms with Crippen molar-refractivity contribution in [3.05, 3.63) is 77.0 Å². The van der Waals surface area contributed by atoms with Crippen LogP contribution >= 0.6 is 0 Å². The maximum Gasteiger partial charge on any atom is 0.256 e. The summed E-state index contributed by atoms with van der Waals surface area (Å²) in [7, 11) is 1.74. The topological polar surface area (TPSA) is 116 Å². The summed E-state index contributed by atoms with van der Waals surface area (Å²) < 4.78 is 0. The van der Waals surface area contributed by atoms with Crippen LogP contribution in [0.4, 0.5) is 0 Å². The second-order valence-corrected chi connectivity index (χ2v) is 9.22. The number of rotatable bonds is 6. The van der Waals surface area contributed by atoms with Crippen LogP contribution in [0.2, 0.25) is 0 Å². The second-order valence-electron chi connectivity index (χ2n) is 9.22. The summed E-state index contributed by atoms with van der Waals surface area (Å²) in [6, 6.07) is 16.2. The minimum Gasteiger partial charge on any atom is -0.508 e. The number of aromatic hydroxyl groups is 1. The largest absolute Gasteiger partial charge is 0.508 e. The molecule has 7 nitrogen and oxygen atoms in total. The van der Waals surface area contributed by atoms with E-state index < -0.39 is 0 Å². The molecule has 1 amide bonds. The molecule has 36 heavy (non-hydrogen) atoms. The molecule has 3 N–H and O–H groups in total. The highest BCUT2D eigenvalue weighted by Crippen LogP contribution is 2.32. The van der Waals surface area contributed by atoms with Crippen LogP contribution in [0.15, 0.2) is 54.7 Å². The van der Waals surface area contributed by atoms with Gasteiger partial charge in [0.15, 0.2) is 0 Å². The zero-order valence-corrected chi connectivity index (χ0v) is 20.9. The summed E-state index contributed by atoms with van der Waals surface area (Å²) in [5.41, 5.74) is 12.8. The van der Waals surface area contributed by atoms with Crippen molar-refractivity contribution in [2.24, 2.45) is 5.73 Å². The van der Waals surface area contributed by atoms with Crippen LogP contribution in [0.3, 0.4) is 0 Å². The molecule has 182 valence electrons. The number of carbonyl (C=O) groups excluding carboxylic acids is 1. The van der Waals surface area contributed by atoms with Gasteiger partial charge in [-0.25, -0.2) is 4.98 Å². The number of carbonyl (C=O) groups is 1. The van der Waals surface area contributed by atoms with Crippen LogP contribution in [0, 0.1) is 25.2 Å². The molecule has 7 heteroatoms. The van der Waals surface area contributed by atoms with Gasteiger partial charge in [0.2, 0.25) is 0 Å². The Bertz CT molecular complexity index is 1490. The molecule has 0 fully saturated rings. The molecule has 1 atom stereocenters. The number of phenols is 1. The number of nitriles is 1. The SMILES string of the molecule is CC[C@H](N)CN(C)C(=O)c1c(-c2cc(C)cc(C)c2)cnc2ccc(-c3cc(O)cc(C#N)c3)nc12. The van der Waals surface area contributed by atoms with Gasteiger partial charge >= 0.3 is 0 Å². The number of nitrogens with zero attached hydrogens (tertiary/aromatic N) is 4. The third-order valence-electron chi connectivity index (χ3n) is 6.18. The van der Waals surface area contributed by atoms with E-state index in [1.54, 1.807) is 42.4 Å². The van der Waals surface area contributed by atoms with E-state index in [4.69, 9.17) is 10.7 Å². The summed E-state index contributed by atoms with van der Waals surface area (Å²) in [5, 5.41) is 19.4. The molecule has 2 aromatic carbocycles. The van der Waals surface area contributed by atoms with E-state index in [0.717, 1.165) is 23.1 Å². The van der Waals surface area contributed by atoms with Crippen LogP contribution in [0.25, 0.3) is 33.4 Å². The number of aryl methyl sites for hydroxylation is 2. The van der Waals surface area contributed by atoms with E-state index in [0.29, 0.717) is 45.5 Å². The number of pyridine rings is 2. The Balaban J connectivity index is 1.98. The molecule has 4 aromatic rings. The van der Waals surface area contributed by atoms with Crippen molar-refractivity contribution in [1.82, 2.24) is 14.9 Å². The van der Waals surface area contributed by atoms with Gasteiger partial charge in [0.1, 0.15) is 11.3 Å². The van der Waals surface area contributed by atoms with Crippen molar-refractivity contribution in [3.63, 3.8) is 0 Å². The lowest BCUT2D eigenvalue weighted by molar-refractivity contribution is 0.0788. The second kappa shape index (κ2) is 10.1. The van der Waals surface area contributed by atoms with Gasteiger partial charge < -0.3 is 15.7 Å². The van der Waals surface area contributed by atoms with E-state index in [9.17, 15) is 15.2 Å². The van der Waals surface area contributed by atoms with Gasteiger partial charge in [0, 0.05) is 37.0 Å². The maximum absolute atomic E-state index is 13.9. The third-order valence-corrected chi connectivity index (χ3v) is 6.18. The highest BCUT2D eigenvalue weighted by atomic mass is 16.3. The molecular formula is C29H29N5O2. The number of nitrogens with two attached hydrogens (primary N) is 1. The molecule has 0 saturated carbocycles. The van der Waals surface area contributed by atoms with Gasteiger partial charge in [0.25, 0.3) is 5.91 Å². The van der Waals surface area contributed by atoms with E-state index in [1.165, 1.54) is 6.07 Å². The summed E-state index contributed by atoms with van der Waals surface area (Å²) in [4.78, 5) is 25.0. The van der Waals surface area contributed by atoms with Crippen LogP contribution < -0.4 is 5.73 Å². The first-order valence-electron chi connectivity index (χ1n) is 11.8. The van der Waals surface area contributed by atoms with Crippen molar-refractivity contribution in [2.75, 3.05) is 13.6 Å². The van der Waals surface area contributed by atoms with Crippen LogP contribution in [0.1, 0.15) is 40.4 Å². The minimum atomic E-state index is -0.196. The zero-order chi connectivity index (χ0) is 26.0. The Kier molecular flexibility index (Phi) is 7.00. The van der Waals surface area contributed by atoms with Crippen LogP contribution in [-0.4, -0.2) is 45.5 Å². The molecule has 0 aliphatic rings. The first kappa shape index (κ1) is 24.8. The fourth-order valence-corrected chi connectivity index (χ4v) is 4.37. The lowest BCUT2D eigenvalue weighted by atomic mass is 9.96. The molecule has 2 aromatic heterocycles. The Morgan fingerprint density at radius 3 is 2.50 bits per heavy atom. The first-order chi connectivity index (χ1) is 17.2. The van der Waals surface area contributed by atoms with Gasteiger partial charge in [-0.3, -0.25) is 9.78 Å². The number of likely N-dealkylation sites (N-methyl/N-ethyl adjacent to an activating group) is 1. The summed E-state index contributed by atoms with van der Waals surface area (Å²) in [6.45, 7) is 6.43. The number of benzene rings is 2. The Morgan fingerprint density at radius 2 is 1.83 bits per heavy atom. The van der Waals surface area contributed by atoms with Crippen LogP contribution in [0.5, 0.6) is 5.75 Å². The number of fused-ring (bicyclic) bond motifs is 1. The fourth-order valence-electron chi connectivity index (χ4n) is 4.37. The number of phenolic OH excluding ortho intramolecular Hbond substituents is 1. The molecule has 0 radical (unpaired) electrons. The highest BCUT2D eigenvalue weighted by Gasteiger charge is 2.23. The van der Waals surface area contributed by atoms with Gasteiger partial charge in [-0.1, -0.05) is 36.2 Å². The molecule has 0 bridgehead atoms. The molecule has 0 spiro atoms. The summed E-state index contributed by atoms with van der Waals surface area (Å²) in [5.74, 6) is -0.226. The van der Waals surface area contributed by atoms with Crippen molar-refractivity contribution < 1.29 is 9.90 Å². The van der Waals surface area contributed by atoms with Gasteiger partial charge in [-0.15, -0.1) is 0 Å². The summed E-state index contributed by atoms with van der Waals surface area (Å²) >= 11 is 0. The smallest absolute Gasteiger partial charge is 0.256 e. The third kappa shape index (κ3) is 5.04. The Labute approximate surface area is 210 Å². The number of aromatic nitrogens is 2. The van der Waals surface area contributed by atoms with E-state index >= 15 is 0 Å². The molecule has 2 heterocycles. The average molecular weight is 480 g/mol. The van der Waals surface area contributed by atoms with Crippen molar-refractivity contribution in [3.8, 4) is 34.2 Å². The van der Waals surface area contributed by atoms with Gasteiger partial charge in [-0.05, 0) is 56.2 Å². The van der Waals surface area contributed by atoms with Crippen molar-refractivity contribution in [1.29, 1.82) is 5.26 Å². The standard InChI is InChI=1S/C29H29N5O2/c1-5-22(31)16-34(4)29(36)27-24(20-9-17(2)8-18(3)10-20)15-32-26-7-6-25(33-28(26)27)21-11-19(14-30)12-23(35)13-21/h6-13,15,22,35H,5,16,31H2,1-4H3/t22-/m0/s1. The number of hydrogen-bond donors (Lipinski definition) is 2. The van der Waals surface area contributed by atoms with E-state index in [2.05, 4.69) is 17.1 Å². The van der Waals surface area contributed by atoms with Gasteiger partial charge in [-0.2, -0.15) is 5.26 Å². The summed E-state index contributed by atoms with van der Waals surface area (Å²) in [6.07, 6.45) is 2.47. The lowest BCUT2D eigenvalue weighted by Gasteiger charge is -2.23. The monoisotopic (exact) mass is 479 g/mol. The number of amides is 1. The van der Waals surface area contributed by atoms with E-state index in [-0.39, 0.29) is 17.7 Å². The average Bonchev–Trinajstić information content (AvgIpc) is 2.86.